The molecule has 0 aliphatic rings. The standard InChI is InChI=1S/C10H13BrN2O3S.C5H5BrN2OS/c1-10(2,3)16-9(15)13-5-4-6(11)17-7(5)8(12)14;6-3-1-2(7)4(10-3)5(8)9/h4H,1-3H3,(H2,12,14)(H,13,15);1H,7H2,(H2,8,9). The molecule has 0 atom stereocenters. The molecule has 3 amide bonds. The van der Waals surface area contributed by atoms with Gasteiger partial charge in [0, 0.05) is 0 Å². The summed E-state index contributed by atoms with van der Waals surface area (Å²) in [5.41, 5.74) is 15.8. The van der Waals surface area contributed by atoms with Gasteiger partial charge in [-0.2, -0.15) is 0 Å². The van der Waals surface area contributed by atoms with E-state index in [9.17, 15) is 14.4 Å². The number of nitrogens with two attached hydrogens (primary N) is 3. The van der Waals surface area contributed by atoms with E-state index in [-0.39, 0.29) is 4.88 Å². The summed E-state index contributed by atoms with van der Waals surface area (Å²) >= 11 is 8.80. The first-order valence-electron chi connectivity index (χ1n) is 7.24. The molecule has 0 saturated carbocycles. The quantitative estimate of drug-likeness (QED) is 0.460. The largest absolute Gasteiger partial charge is 0.444 e. The number of ether oxygens (including phenoxy) is 1. The highest BCUT2D eigenvalue weighted by Crippen LogP contribution is 2.31. The van der Waals surface area contributed by atoms with Crippen LogP contribution >= 0.6 is 54.5 Å². The van der Waals surface area contributed by atoms with Crippen LogP contribution in [0.2, 0.25) is 0 Å². The number of thiophene rings is 2. The minimum atomic E-state index is -0.620. The van der Waals surface area contributed by atoms with Gasteiger partial charge in [0.2, 0.25) is 0 Å². The van der Waals surface area contributed by atoms with Crippen molar-refractivity contribution in [2.45, 2.75) is 26.4 Å². The Morgan fingerprint density at radius 3 is 1.85 bits per heavy atom. The van der Waals surface area contributed by atoms with Gasteiger partial charge in [-0.25, -0.2) is 4.79 Å². The van der Waals surface area contributed by atoms with Gasteiger partial charge in [-0.15, -0.1) is 22.7 Å². The van der Waals surface area contributed by atoms with Crippen LogP contribution in [0.5, 0.6) is 0 Å². The normalized spacial score (nSPS) is 10.6. The van der Waals surface area contributed by atoms with Crippen molar-refractivity contribution in [3.63, 3.8) is 0 Å². The van der Waals surface area contributed by atoms with Crippen molar-refractivity contribution in [2.75, 3.05) is 11.1 Å². The number of nitrogen functional groups attached to an aromatic ring is 1. The number of carbonyl (C=O) groups excluding carboxylic acids is 3. The van der Waals surface area contributed by atoms with Crippen molar-refractivity contribution in [3.05, 3.63) is 29.5 Å². The Morgan fingerprint density at radius 1 is 1.00 bits per heavy atom. The van der Waals surface area contributed by atoms with Crippen LogP contribution in [-0.4, -0.2) is 23.5 Å². The maximum Gasteiger partial charge on any atom is 0.412 e. The highest BCUT2D eigenvalue weighted by Gasteiger charge is 2.20. The third-order valence-electron chi connectivity index (χ3n) is 2.52. The molecule has 0 spiro atoms. The van der Waals surface area contributed by atoms with Gasteiger partial charge in [-0.05, 0) is 64.8 Å². The average Bonchev–Trinajstić information content (AvgIpc) is 2.99. The highest BCUT2D eigenvalue weighted by molar-refractivity contribution is 9.11. The minimum Gasteiger partial charge on any atom is -0.444 e. The predicted molar refractivity (Wildman–Crippen MR) is 115 cm³/mol. The van der Waals surface area contributed by atoms with Gasteiger partial charge in [-0.3, -0.25) is 14.9 Å². The Balaban J connectivity index is 0.000000309. The zero-order valence-corrected chi connectivity index (χ0v) is 19.4. The third-order valence-corrected chi connectivity index (χ3v) is 5.84. The average molecular weight is 542 g/mol. The molecule has 2 heterocycles. The zero-order valence-electron chi connectivity index (χ0n) is 14.6. The van der Waals surface area contributed by atoms with Crippen LogP contribution in [0.3, 0.4) is 0 Å². The molecule has 0 aliphatic heterocycles. The van der Waals surface area contributed by atoms with Crippen LogP contribution in [-0.2, 0) is 4.74 Å². The first kappa shape index (κ1) is 23.4. The summed E-state index contributed by atoms with van der Waals surface area (Å²) in [6.45, 7) is 5.27. The maximum absolute atomic E-state index is 11.5. The number of hydrogen-bond acceptors (Lipinski definition) is 7. The Labute approximate surface area is 180 Å². The second kappa shape index (κ2) is 9.53. The molecule has 0 unspecified atom stereocenters. The van der Waals surface area contributed by atoms with E-state index in [2.05, 4.69) is 37.2 Å². The van der Waals surface area contributed by atoms with Gasteiger partial charge in [-0.1, -0.05) is 0 Å². The van der Waals surface area contributed by atoms with Crippen molar-refractivity contribution in [1.82, 2.24) is 0 Å². The van der Waals surface area contributed by atoms with E-state index < -0.39 is 23.5 Å². The fraction of sp³-hybridized carbons (Fsp3) is 0.267. The molecule has 7 N–H and O–H groups in total. The predicted octanol–water partition coefficient (Wildman–Crippen LogP) is 4.15. The maximum atomic E-state index is 11.5. The van der Waals surface area contributed by atoms with Crippen molar-refractivity contribution in [1.29, 1.82) is 0 Å². The first-order chi connectivity index (χ1) is 12.3. The topological polar surface area (TPSA) is 151 Å². The number of amides is 3. The summed E-state index contributed by atoms with van der Waals surface area (Å²) in [7, 11) is 0. The third kappa shape index (κ3) is 7.87. The van der Waals surface area contributed by atoms with Crippen LogP contribution in [0.4, 0.5) is 16.2 Å². The lowest BCUT2D eigenvalue weighted by atomic mass is 10.2. The van der Waals surface area contributed by atoms with Gasteiger partial charge >= 0.3 is 6.09 Å². The number of anilines is 2. The molecule has 2 aromatic rings. The summed E-state index contributed by atoms with van der Waals surface area (Å²) in [4.78, 5) is 33.9. The monoisotopic (exact) mass is 540 g/mol. The Bertz CT molecular complexity index is 859. The van der Waals surface area contributed by atoms with Crippen LogP contribution < -0.4 is 22.5 Å². The zero-order chi connectivity index (χ0) is 20.9. The molecule has 12 heteroatoms. The Hall–Kier alpha value is -1.63. The van der Waals surface area contributed by atoms with Crippen LogP contribution in [0.25, 0.3) is 0 Å². The van der Waals surface area contributed by atoms with E-state index in [0.29, 0.717) is 20.0 Å². The SMILES string of the molecule is CC(C)(C)OC(=O)Nc1cc(Br)sc1C(N)=O.NC(=O)c1sc(Br)cc1N. The van der Waals surface area contributed by atoms with Gasteiger partial charge in [0.05, 0.1) is 18.9 Å². The van der Waals surface area contributed by atoms with Gasteiger partial charge in [0.25, 0.3) is 11.8 Å². The van der Waals surface area contributed by atoms with Crippen LogP contribution in [0.15, 0.2) is 19.7 Å². The van der Waals surface area contributed by atoms with E-state index in [4.69, 9.17) is 21.9 Å². The number of carbonyl (C=O) groups is 3. The smallest absolute Gasteiger partial charge is 0.412 e. The molecular formula is C15H18Br2N4O4S2. The minimum absolute atomic E-state index is 0.280. The molecule has 0 aliphatic carbocycles. The van der Waals surface area contributed by atoms with E-state index >= 15 is 0 Å². The summed E-state index contributed by atoms with van der Waals surface area (Å²) in [5, 5.41) is 2.49. The van der Waals surface area contributed by atoms with Gasteiger partial charge < -0.3 is 21.9 Å². The molecule has 0 saturated heterocycles. The Morgan fingerprint density at radius 2 is 1.48 bits per heavy atom. The van der Waals surface area contributed by atoms with Crippen molar-refractivity contribution < 1.29 is 19.1 Å². The second-order valence-electron chi connectivity index (χ2n) is 5.98. The van der Waals surface area contributed by atoms with Crippen molar-refractivity contribution in [2.24, 2.45) is 11.5 Å². The fourth-order valence-electron chi connectivity index (χ4n) is 1.62. The van der Waals surface area contributed by atoms with Crippen LogP contribution in [0.1, 0.15) is 40.1 Å². The molecule has 27 heavy (non-hydrogen) atoms. The van der Waals surface area contributed by atoms with E-state index in [1.54, 1.807) is 32.9 Å². The molecule has 0 aromatic carbocycles. The fourth-order valence-corrected chi connectivity index (χ4v) is 4.41. The highest BCUT2D eigenvalue weighted by atomic mass is 79.9. The number of nitrogens with one attached hydrogen (secondary N) is 1. The molecule has 2 rings (SSSR count). The van der Waals surface area contributed by atoms with E-state index in [1.165, 1.54) is 11.3 Å². The summed E-state index contributed by atoms with van der Waals surface area (Å²) in [5.74, 6) is -1.07. The second-order valence-corrected chi connectivity index (χ2v) is 10.8. The van der Waals surface area contributed by atoms with Gasteiger partial charge in [0.15, 0.2) is 0 Å². The van der Waals surface area contributed by atoms with Gasteiger partial charge in [0.1, 0.15) is 15.4 Å². The lowest BCUT2D eigenvalue weighted by Gasteiger charge is -2.19. The molecule has 8 nitrogen and oxygen atoms in total. The number of rotatable bonds is 3. The van der Waals surface area contributed by atoms with Crippen LogP contribution in [0, 0.1) is 0 Å². The lowest BCUT2D eigenvalue weighted by Crippen LogP contribution is -2.27. The molecule has 2 aromatic heterocycles. The summed E-state index contributed by atoms with van der Waals surface area (Å²) in [6, 6.07) is 3.26. The van der Waals surface area contributed by atoms with Crippen molar-refractivity contribution in [3.8, 4) is 0 Å². The number of halogens is 2. The first-order valence-corrected chi connectivity index (χ1v) is 10.5. The van der Waals surface area contributed by atoms with Crippen molar-refractivity contribution >= 4 is 83.8 Å². The Kier molecular flexibility index (Phi) is 8.26. The number of hydrogen-bond donors (Lipinski definition) is 4. The van der Waals surface area contributed by atoms with E-state index in [0.717, 1.165) is 15.1 Å². The lowest BCUT2D eigenvalue weighted by molar-refractivity contribution is 0.0635. The van der Waals surface area contributed by atoms with E-state index in [1.807, 2.05) is 0 Å². The molecule has 0 bridgehead atoms. The molecule has 0 fully saturated rings. The molecule has 148 valence electrons. The summed E-state index contributed by atoms with van der Waals surface area (Å²) in [6.07, 6.45) is -0.620. The summed E-state index contributed by atoms with van der Waals surface area (Å²) < 4.78 is 6.60. The molecular weight excluding hydrogens is 524 g/mol. The molecule has 0 radical (unpaired) electrons. The number of primary amides is 2.